The van der Waals surface area contributed by atoms with Crippen molar-refractivity contribution in [2.45, 2.75) is 17.7 Å². The molecule has 1 amide bonds. The molecule has 0 atom stereocenters. The van der Waals surface area contributed by atoms with Gasteiger partial charge in [0.2, 0.25) is 0 Å². The average Bonchev–Trinajstić information content (AvgIpc) is 2.91. The maximum atomic E-state index is 13.5. The third kappa shape index (κ3) is 5.24. The first kappa shape index (κ1) is 25.0. The van der Waals surface area contributed by atoms with E-state index >= 15 is 0 Å². The van der Waals surface area contributed by atoms with Crippen LogP contribution in [0.2, 0.25) is 0 Å². The quantitative estimate of drug-likeness (QED) is 0.269. The van der Waals surface area contributed by atoms with Gasteiger partial charge in [-0.1, -0.05) is 36.4 Å². The highest BCUT2D eigenvalue weighted by molar-refractivity contribution is 7.92. The minimum atomic E-state index is -4.07. The Kier molecular flexibility index (Phi) is 7.37. The third-order valence-corrected chi connectivity index (χ3v) is 7.51. The molecule has 1 aromatic heterocycles. The number of benzene rings is 3. The van der Waals surface area contributed by atoms with Crippen LogP contribution in [0, 0.1) is 0 Å². The van der Waals surface area contributed by atoms with Gasteiger partial charge in [-0.05, 0) is 60.4 Å². The number of fused-ring (bicyclic) bond motifs is 1. The van der Waals surface area contributed by atoms with Crippen molar-refractivity contribution in [2.24, 2.45) is 0 Å². The molecule has 3 aromatic carbocycles. The van der Waals surface area contributed by atoms with E-state index in [4.69, 9.17) is 14.7 Å². The molecular weight excluding hydrogens is 482 g/mol. The van der Waals surface area contributed by atoms with Crippen LogP contribution in [0.4, 0.5) is 10.5 Å². The number of methoxy groups -OCH3 is 1. The fourth-order valence-corrected chi connectivity index (χ4v) is 5.07. The van der Waals surface area contributed by atoms with Gasteiger partial charge in [-0.2, -0.15) is 0 Å². The summed E-state index contributed by atoms with van der Waals surface area (Å²) in [4.78, 5) is 16.2. The lowest BCUT2D eigenvalue weighted by molar-refractivity contribution is 0.127. The number of aromatic nitrogens is 1. The molecule has 4 rings (SSSR count). The molecule has 2 N–H and O–H groups in total. The van der Waals surface area contributed by atoms with E-state index in [1.54, 1.807) is 18.2 Å². The Morgan fingerprint density at radius 3 is 2.36 bits per heavy atom. The van der Waals surface area contributed by atoms with Crippen LogP contribution in [-0.4, -0.2) is 38.9 Å². The lowest BCUT2D eigenvalue weighted by atomic mass is 10.0. The average molecular weight is 508 g/mol. The number of nitrogens with one attached hydrogen (secondary N) is 1. The van der Waals surface area contributed by atoms with Crippen LogP contribution in [0.5, 0.6) is 11.5 Å². The summed E-state index contributed by atoms with van der Waals surface area (Å²) in [6.45, 7) is 0. The fraction of sp³-hybridized carbons (Fsp3) is 0.154. The molecule has 0 radical (unpaired) electrons. The molecular formula is C26H25N3O6S. The van der Waals surface area contributed by atoms with Gasteiger partial charge in [0.25, 0.3) is 10.0 Å². The lowest BCUT2D eigenvalue weighted by Crippen LogP contribution is -2.29. The second-order valence-electron chi connectivity index (χ2n) is 7.96. The number of amides is 1. The molecule has 0 aliphatic carbocycles. The number of pyridine rings is 1. The van der Waals surface area contributed by atoms with Gasteiger partial charge >= 0.3 is 6.09 Å². The topological polar surface area (TPSA) is 118 Å². The van der Waals surface area contributed by atoms with E-state index in [-0.39, 0.29) is 16.3 Å². The smallest absolute Gasteiger partial charge is 0.436 e. The summed E-state index contributed by atoms with van der Waals surface area (Å²) >= 11 is 0. The fourth-order valence-electron chi connectivity index (χ4n) is 3.84. The molecule has 0 spiro atoms. The second-order valence-corrected chi connectivity index (χ2v) is 9.93. The minimum Gasteiger partial charge on any atom is -0.497 e. The van der Waals surface area contributed by atoms with Gasteiger partial charge in [-0.25, -0.2) is 18.7 Å². The number of hydroxylamine groups is 1. The zero-order chi connectivity index (χ0) is 25.7. The molecule has 0 bridgehead atoms. The normalized spacial score (nSPS) is 11.2. The summed E-state index contributed by atoms with van der Waals surface area (Å²) in [7, 11) is -1.21. The standard InChI is InChI=1S/C26H25N3O6S/c1-29(36(32,33)21-13-11-20(34-2)12-14-21)25-22-16-19(9-8-18-6-4-3-5-7-18)10-15-23(22)27-17-24(25)35-26(30)28-31/h3-7,10-17,31H,8-9H2,1-2H3,(H,28,30). The van der Waals surface area contributed by atoms with Gasteiger partial charge in [0, 0.05) is 12.4 Å². The molecule has 36 heavy (non-hydrogen) atoms. The number of nitrogens with zero attached hydrogens (tertiary/aromatic N) is 2. The molecule has 0 saturated heterocycles. The van der Waals surface area contributed by atoms with Gasteiger partial charge in [0.1, 0.15) is 11.4 Å². The number of aryl methyl sites for hydroxylation is 2. The van der Waals surface area contributed by atoms with Crippen LogP contribution < -0.4 is 19.3 Å². The van der Waals surface area contributed by atoms with Crippen LogP contribution in [0.25, 0.3) is 10.9 Å². The predicted molar refractivity (Wildman–Crippen MR) is 135 cm³/mol. The number of hydrogen-bond acceptors (Lipinski definition) is 7. The monoisotopic (exact) mass is 507 g/mol. The van der Waals surface area contributed by atoms with Crippen LogP contribution in [-0.2, 0) is 22.9 Å². The maximum absolute atomic E-state index is 13.5. The second kappa shape index (κ2) is 10.6. The van der Waals surface area contributed by atoms with Gasteiger partial charge in [-0.3, -0.25) is 14.5 Å². The highest BCUT2D eigenvalue weighted by Gasteiger charge is 2.27. The number of ether oxygens (including phenoxy) is 2. The molecule has 0 fully saturated rings. The molecule has 0 unspecified atom stereocenters. The van der Waals surface area contributed by atoms with Crippen molar-refractivity contribution >= 4 is 32.7 Å². The summed E-state index contributed by atoms with van der Waals surface area (Å²) in [6, 6.07) is 21.5. The zero-order valence-corrected chi connectivity index (χ0v) is 20.5. The van der Waals surface area contributed by atoms with Crippen molar-refractivity contribution in [3.63, 3.8) is 0 Å². The summed E-state index contributed by atoms with van der Waals surface area (Å²) in [5.41, 5.74) is 4.14. The van der Waals surface area contributed by atoms with Crippen LogP contribution in [0.1, 0.15) is 11.1 Å². The first-order valence-electron chi connectivity index (χ1n) is 11.0. The van der Waals surface area contributed by atoms with Crippen molar-refractivity contribution in [3.05, 3.63) is 90.1 Å². The van der Waals surface area contributed by atoms with Gasteiger partial charge in [-0.15, -0.1) is 0 Å². The Morgan fingerprint density at radius 2 is 1.69 bits per heavy atom. The van der Waals surface area contributed by atoms with Crippen molar-refractivity contribution in [1.29, 1.82) is 0 Å². The van der Waals surface area contributed by atoms with Crippen molar-refractivity contribution < 1.29 is 27.9 Å². The van der Waals surface area contributed by atoms with Gasteiger partial charge in [0.05, 0.1) is 23.7 Å². The van der Waals surface area contributed by atoms with E-state index in [9.17, 15) is 13.2 Å². The van der Waals surface area contributed by atoms with E-state index in [0.717, 1.165) is 16.3 Å². The van der Waals surface area contributed by atoms with Crippen molar-refractivity contribution in [2.75, 3.05) is 18.5 Å². The number of hydrogen-bond donors (Lipinski definition) is 2. The minimum absolute atomic E-state index is 0.0218. The summed E-state index contributed by atoms with van der Waals surface area (Å²) < 4.78 is 38.4. The molecule has 10 heteroatoms. The van der Waals surface area contributed by atoms with Crippen LogP contribution in [0.15, 0.2) is 83.9 Å². The van der Waals surface area contributed by atoms with E-state index in [1.165, 1.54) is 43.5 Å². The van der Waals surface area contributed by atoms with E-state index < -0.39 is 16.1 Å². The Bertz CT molecular complexity index is 1480. The highest BCUT2D eigenvalue weighted by Crippen LogP contribution is 2.38. The Labute approximate surface area is 208 Å². The summed E-state index contributed by atoms with van der Waals surface area (Å²) in [6.07, 6.45) is 1.57. The molecule has 0 saturated carbocycles. The number of anilines is 1. The predicted octanol–water partition coefficient (Wildman–Crippen LogP) is 4.33. The molecule has 1 heterocycles. The Balaban J connectivity index is 1.80. The number of carbonyl (C=O) groups excluding carboxylic acids is 1. The van der Waals surface area contributed by atoms with Gasteiger partial charge < -0.3 is 9.47 Å². The van der Waals surface area contributed by atoms with Crippen molar-refractivity contribution in [1.82, 2.24) is 10.5 Å². The third-order valence-electron chi connectivity index (χ3n) is 5.74. The molecule has 0 aliphatic heterocycles. The van der Waals surface area contributed by atoms with E-state index in [2.05, 4.69) is 4.98 Å². The number of rotatable bonds is 8. The van der Waals surface area contributed by atoms with Crippen LogP contribution in [0.3, 0.4) is 0 Å². The lowest BCUT2D eigenvalue weighted by Gasteiger charge is -2.23. The molecule has 9 nitrogen and oxygen atoms in total. The largest absolute Gasteiger partial charge is 0.497 e. The summed E-state index contributed by atoms with van der Waals surface area (Å²) in [5.74, 6) is 0.381. The maximum Gasteiger partial charge on any atom is 0.436 e. The Morgan fingerprint density at radius 1 is 1.00 bits per heavy atom. The van der Waals surface area contributed by atoms with Crippen molar-refractivity contribution in [3.8, 4) is 11.5 Å². The summed E-state index contributed by atoms with van der Waals surface area (Å²) in [5, 5.41) is 9.44. The SMILES string of the molecule is COc1ccc(S(=O)(=O)N(C)c2c(OC(=O)NO)cnc3ccc(CCc4ccccc4)cc23)cc1. The molecule has 0 aliphatic rings. The van der Waals surface area contributed by atoms with E-state index in [1.807, 2.05) is 42.5 Å². The Hall–Kier alpha value is -4.15. The van der Waals surface area contributed by atoms with Gasteiger partial charge in [0.15, 0.2) is 5.75 Å². The van der Waals surface area contributed by atoms with E-state index in [0.29, 0.717) is 23.1 Å². The zero-order valence-electron chi connectivity index (χ0n) is 19.7. The first-order chi connectivity index (χ1) is 17.3. The number of sulfonamides is 1. The first-order valence-corrected chi connectivity index (χ1v) is 12.5. The molecule has 186 valence electrons. The van der Waals surface area contributed by atoms with Crippen LogP contribution >= 0.6 is 0 Å². The number of carbonyl (C=O) groups is 1. The highest BCUT2D eigenvalue weighted by atomic mass is 32.2. The molecule has 4 aromatic rings.